The number of anilines is 1. The number of rotatable bonds is 5. The summed E-state index contributed by atoms with van der Waals surface area (Å²) in [6.45, 7) is 0.294. The van der Waals surface area contributed by atoms with Gasteiger partial charge < -0.3 is 4.74 Å². The lowest BCUT2D eigenvalue weighted by molar-refractivity contribution is 0.0558. The molecule has 3 amide bonds. The van der Waals surface area contributed by atoms with Crippen LogP contribution in [0, 0.1) is 0 Å². The first-order chi connectivity index (χ1) is 13.9. The fraction of sp³-hybridized carbons (Fsp3) is 0.400. The van der Waals surface area contributed by atoms with E-state index in [1.807, 2.05) is 19.5 Å². The van der Waals surface area contributed by atoms with Gasteiger partial charge in [0, 0.05) is 5.38 Å². The number of thiazole rings is 1. The van der Waals surface area contributed by atoms with Crippen molar-refractivity contribution in [1.82, 2.24) is 14.8 Å². The molecule has 3 aliphatic rings. The van der Waals surface area contributed by atoms with Crippen LogP contribution in [-0.2, 0) is 10.3 Å². The molecule has 1 aromatic carbocycles. The molecule has 0 radical (unpaired) electrons. The molecule has 29 heavy (non-hydrogen) atoms. The summed E-state index contributed by atoms with van der Waals surface area (Å²) in [5.74, 6) is -0.698. The van der Waals surface area contributed by atoms with Gasteiger partial charge in [0.1, 0.15) is 6.10 Å². The first kappa shape index (κ1) is 18.3. The summed E-state index contributed by atoms with van der Waals surface area (Å²) < 4.78 is 5.44. The van der Waals surface area contributed by atoms with Crippen LogP contribution in [0.4, 0.5) is 9.93 Å². The third kappa shape index (κ3) is 2.76. The van der Waals surface area contributed by atoms with Crippen molar-refractivity contribution < 1.29 is 19.1 Å². The summed E-state index contributed by atoms with van der Waals surface area (Å²) in [6, 6.07) is 6.73. The number of nitrogens with zero attached hydrogens (tertiary/aromatic N) is 4. The number of imide groups is 1. The van der Waals surface area contributed by atoms with Crippen LogP contribution in [-0.4, -0.2) is 66.0 Å². The lowest BCUT2D eigenvalue weighted by Gasteiger charge is -2.21. The van der Waals surface area contributed by atoms with Gasteiger partial charge in [-0.15, -0.1) is 11.3 Å². The number of fused-ring (bicyclic) bond motifs is 1. The SMILES string of the molecule is CN(C)C1(c2csc(N3C[C@H](CN4C(=O)c5ccccc5C4=O)OC3=O)n2)CC1. The van der Waals surface area contributed by atoms with Crippen molar-refractivity contribution in [3.63, 3.8) is 0 Å². The second kappa shape index (κ2) is 6.36. The Kier molecular flexibility index (Phi) is 4.01. The molecule has 5 rings (SSSR count). The molecule has 1 atom stereocenters. The zero-order valence-electron chi connectivity index (χ0n) is 16.1. The minimum Gasteiger partial charge on any atom is -0.442 e. The number of carbonyl (C=O) groups excluding carboxylic acids is 3. The Balaban J connectivity index is 1.30. The molecule has 0 unspecified atom stereocenters. The first-order valence-corrected chi connectivity index (χ1v) is 10.4. The summed E-state index contributed by atoms with van der Waals surface area (Å²) in [5.41, 5.74) is 1.72. The minimum atomic E-state index is -0.583. The maximum absolute atomic E-state index is 12.5. The largest absolute Gasteiger partial charge is 0.442 e. The monoisotopic (exact) mass is 412 g/mol. The zero-order valence-corrected chi connectivity index (χ0v) is 16.9. The molecule has 3 heterocycles. The highest BCUT2D eigenvalue weighted by Gasteiger charge is 2.49. The van der Waals surface area contributed by atoms with E-state index in [-0.39, 0.29) is 30.4 Å². The normalized spacial score (nSPS) is 22.4. The third-order valence-electron chi connectivity index (χ3n) is 5.92. The van der Waals surface area contributed by atoms with Gasteiger partial charge in [0.2, 0.25) is 0 Å². The summed E-state index contributed by atoms with van der Waals surface area (Å²) in [4.78, 5) is 47.0. The van der Waals surface area contributed by atoms with E-state index < -0.39 is 12.2 Å². The number of cyclic esters (lactones) is 1. The van der Waals surface area contributed by atoms with Crippen LogP contribution in [0.15, 0.2) is 29.6 Å². The standard InChI is InChI=1S/C20H20N4O4S/c1-22(2)20(7-8-20)15-11-29-18(21-15)24-10-12(28-19(24)27)9-23-16(25)13-5-3-4-6-14(13)17(23)26/h3-6,11-12H,7-10H2,1-2H3/t12-/m0/s1. The van der Waals surface area contributed by atoms with Crippen LogP contribution < -0.4 is 4.90 Å². The van der Waals surface area contributed by atoms with Crippen molar-refractivity contribution in [2.75, 3.05) is 32.1 Å². The second-order valence-electron chi connectivity index (χ2n) is 7.82. The molecule has 1 aliphatic carbocycles. The molecular weight excluding hydrogens is 392 g/mol. The van der Waals surface area contributed by atoms with E-state index in [4.69, 9.17) is 4.74 Å². The van der Waals surface area contributed by atoms with E-state index in [1.165, 1.54) is 16.2 Å². The van der Waals surface area contributed by atoms with Gasteiger partial charge in [0.15, 0.2) is 5.13 Å². The molecular formula is C20H20N4O4S. The lowest BCUT2D eigenvalue weighted by Crippen LogP contribution is -2.38. The molecule has 0 bridgehead atoms. The molecule has 0 N–H and O–H groups in total. The van der Waals surface area contributed by atoms with E-state index in [1.54, 1.807) is 24.3 Å². The van der Waals surface area contributed by atoms with Crippen molar-refractivity contribution in [2.45, 2.75) is 24.5 Å². The van der Waals surface area contributed by atoms with E-state index in [9.17, 15) is 14.4 Å². The molecule has 150 valence electrons. The first-order valence-electron chi connectivity index (χ1n) is 9.47. The Bertz CT molecular complexity index is 994. The van der Waals surface area contributed by atoms with Crippen molar-refractivity contribution >= 4 is 34.4 Å². The Labute approximate surface area is 171 Å². The average molecular weight is 412 g/mol. The van der Waals surface area contributed by atoms with Gasteiger partial charge in [-0.1, -0.05) is 12.1 Å². The molecule has 1 saturated heterocycles. The van der Waals surface area contributed by atoms with Crippen molar-refractivity contribution in [3.8, 4) is 0 Å². The van der Waals surface area contributed by atoms with Gasteiger partial charge in [-0.3, -0.25) is 19.4 Å². The molecule has 2 aromatic rings. The van der Waals surface area contributed by atoms with Gasteiger partial charge in [0.05, 0.1) is 35.4 Å². The number of ether oxygens (including phenoxy) is 1. The fourth-order valence-electron chi connectivity index (χ4n) is 4.03. The van der Waals surface area contributed by atoms with E-state index in [0.717, 1.165) is 23.4 Å². The van der Waals surface area contributed by atoms with Crippen LogP contribution in [0.5, 0.6) is 0 Å². The molecule has 1 saturated carbocycles. The Morgan fingerprint density at radius 1 is 1.17 bits per heavy atom. The number of carbonyl (C=O) groups is 3. The zero-order chi connectivity index (χ0) is 20.3. The highest BCUT2D eigenvalue weighted by atomic mass is 32.1. The average Bonchev–Trinajstić information content (AvgIpc) is 3.14. The van der Waals surface area contributed by atoms with Crippen LogP contribution in [0.2, 0.25) is 0 Å². The smallest absolute Gasteiger partial charge is 0.416 e. The topological polar surface area (TPSA) is 83.0 Å². The quantitative estimate of drug-likeness (QED) is 0.701. The highest BCUT2D eigenvalue weighted by Crippen LogP contribution is 2.50. The minimum absolute atomic E-state index is 0.0298. The number of aromatic nitrogens is 1. The third-order valence-corrected chi connectivity index (χ3v) is 6.78. The number of hydrogen-bond donors (Lipinski definition) is 0. The van der Waals surface area contributed by atoms with Crippen LogP contribution in [0.3, 0.4) is 0 Å². The molecule has 2 fully saturated rings. The molecule has 8 nitrogen and oxygen atoms in total. The predicted molar refractivity (Wildman–Crippen MR) is 106 cm³/mol. The fourth-order valence-corrected chi connectivity index (χ4v) is 4.95. The van der Waals surface area contributed by atoms with E-state index >= 15 is 0 Å². The van der Waals surface area contributed by atoms with Gasteiger partial charge in [-0.05, 0) is 39.1 Å². The number of benzene rings is 1. The summed E-state index contributed by atoms with van der Waals surface area (Å²) in [6.07, 6.45) is 1.02. The molecule has 2 aliphatic heterocycles. The Morgan fingerprint density at radius 3 is 2.41 bits per heavy atom. The van der Waals surface area contributed by atoms with Crippen LogP contribution >= 0.6 is 11.3 Å². The number of amides is 3. The molecule has 0 spiro atoms. The maximum atomic E-state index is 12.5. The Morgan fingerprint density at radius 2 is 1.83 bits per heavy atom. The van der Waals surface area contributed by atoms with Crippen molar-refractivity contribution in [1.29, 1.82) is 0 Å². The second-order valence-corrected chi connectivity index (χ2v) is 8.66. The summed E-state index contributed by atoms with van der Waals surface area (Å²) in [5, 5.41) is 2.58. The maximum Gasteiger partial charge on any atom is 0.416 e. The molecule has 1 aromatic heterocycles. The van der Waals surface area contributed by atoms with Crippen LogP contribution in [0.1, 0.15) is 39.3 Å². The summed E-state index contributed by atoms with van der Waals surface area (Å²) in [7, 11) is 4.07. The predicted octanol–water partition coefficient (Wildman–Crippen LogP) is 2.32. The van der Waals surface area contributed by atoms with Gasteiger partial charge in [-0.2, -0.15) is 0 Å². The highest BCUT2D eigenvalue weighted by molar-refractivity contribution is 7.14. The van der Waals surface area contributed by atoms with Gasteiger partial charge in [0.25, 0.3) is 11.8 Å². The van der Waals surface area contributed by atoms with Gasteiger partial charge >= 0.3 is 6.09 Å². The van der Waals surface area contributed by atoms with Crippen molar-refractivity contribution in [2.24, 2.45) is 0 Å². The molecule has 9 heteroatoms. The van der Waals surface area contributed by atoms with Crippen molar-refractivity contribution in [3.05, 3.63) is 46.5 Å². The van der Waals surface area contributed by atoms with Gasteiger partial charge in [-0.25, -0.2) is 14.7 Å². The van der Waals surface area contributed by atoms with Crippen LogP contribution in [0.25, 0.3) is 0 Å². The van der Waals surface area contributed by atoms with E-state index in [2.05, 4.69) is 9.88 Å². The Hall–Kier alpha value is -2.78. The number of hydrogen-bond acceptors (Lipinski definition) is 7. The lowest BCUT2D eigenvalue weighted by atomic mass is 10.1. The van der Waals surface area contributed by atoms with E-state index in [0.29, 0.717) is 16.3 Å². The summed E-state index contributed by atoms with van der Waals surface area (Å²) >= 11 is 1.41.